The van der Waals surface area contributed by atoms with Gasteiger partial charge in [-0.15, -0.1) is 0 Å². The summed E-state index contributed by atoms with van der Waals surface area (Å²) in [5.41, 5.74) is 9.16. The number of hydrogen-bond donors (Lipinski definition) is 2. The van der Waals surface area contributed by atoms with E-state index in [-0.39, 0.29) is 0 Å². The van der Waals surface area contributed by atoms with Crippen LogP contribution in [0.25, 0.3) is 0 Å². The molecule has 0 aromatic heterocycles. The Hall–Kier alpha value is -1.12. The second-order valence-electron chi connectivity index (χ2n) is 1.77. The summed E-state index contributed by atoms with van der Waals surface area (Å²) in [5.74, 6) is 0.704. The Morgan fingerprint density at radius 1 is 1.88 bits per heavy atom. The molecule has 8 heavy (non-hydrogen) atoms. The van der Waals surface area contributed by atoms with E-state index in [9.17, 15) is 0 Å². The predicted octanol–water partition coefficient (Wildman–Crippen LogP) is -0.250. The van der Waals surface area contributed by atoms with Gasteiger partial charge in [-0.3, -0.25) is 10.4 Å². The molecule has 3 nitrogen and oxygen atoms in total. The summed E-state index contributed by atoms with van der Waals surface area (Å²) in [6.07, 6.45) is 1.78. The largest absolute Gasteiger partial charge is 0.384 e. The quantitative estimate of drug-likeness (QED) is 0.453. The number of rotatable bonds is 0. The summed E-state index contributed by atoms with van der Waals surface area (Å²) in [6, 6.07) is 0. The zero-order valence-electron chi connectivity index (χ0n) is 4.81. The molecule has 0 aromatic carbocycles. The van der Waals surface area contributed by atoms with Gasteiger partial charge in [-0.05, 0) is 0 Å². The summed E-state index contributed by atoms with van der Waals surface area (Å²) < 4.78 is 0. The highest BCUT2D eigenvalue weighted by Crippen LogP contribution is 2.03. The van der Waals surface area contributed by atoms with Crippen molar-refractivity contribution >= 4 is 0 Å². The van der Waals surface area contributed by atoms with Gasteiger partial charge in [0, 0.05) is 13.1 Å². The van der Waals surface area contributed by atoms with Crippen molar-refractivity contribution in [3.63, 3.8) is 0 Å². The van der Waals surface area contributed by atoms with Crippen molar-refractivity contribution in [1.29, 1.82) is 0 Å². The van der Waals surface area contributed by atoms with Crippen molar-refractivity contribution in [2.75, 3.05) is 7.05 Å². The van der Waals surface area contributed by atoms with Gasteiger partial charge in [-0.2, -0.15) is 0 Å². The van der Waals surface area contributed by atoms with E-state index in [1.807, 2.05) is 7.05 Å². The molecule has 0 aromatic rings. The van der Waals surface area contributed by atoms with Crippen molar-refractivity contribution in [2.24, 2.45) is 5.73 Å². The fourth-order valence-corrected chi connectivity index (χ4v) is 0.588. The van der Waals surface area contributed by atoms with E-state index < -0.39 is 0 Å². The second kappa shape index (κ2) is 1.43. The van der Waals surface area contributed by atoms with Crippen LogP contribution in [0.2, 0.25) is 0 Å². The third kappa shape index (κ3) is 0.621. The maximum absolute atomic E-state index is 5.43. The molecule has 0 unspecified atom stereocenters. The molecule has 0 aliphatic carbocycles. The van der Waals surface area contributed by atoms with E-state index in [0.29, 0.717) is 5.82 Å². The smallest absolute Gasteiger partial charge is 0.119 e. The Balaban J connectivity index is 2.73. The lowest BCUT2D eigenvalue weighted by Gasteiger charge is -2.12. The molecule has 1 aliphatic heterocycles. The number of nitrogens with one attached hydrogen (secondary N) is 1. The molecule has 0 spiro atoms. The Labute approximate surface area is 48.4 Å². The minimum absolute atomic E-state index is 0.704. The molecule has 1 aliphatic rings. The molecular weight excluding hydrogens is 102 g/mol. The van der Waals surface area contributed by atoms with Crippen LogP contribution in [-0.4, -0.2) is 12.1 Å². The lowest BCUT2D eigenvalue weighted by Crippen LogP contribution is -2.29. The molecule has 44 valence electrons. The van der Waals surface area contributed by atoms with Crippen LogP contribution >= 0.6 is 0 Å². The van der Waals surface area contributed by atoms with E-state index in [1.165, 1.54) is 0 Å². The summed E-state index contributed by atoms with van der Waals surface area (Å²) in [6.45, 7) is 3.65. The highest BCUT2D eigenvalue weighted by atomic mass is 15.5. The molecule has 0 atom stereocenters. The van der Waals surface area contributed by atoms with Crippen LogP contribution in [0, 0.1) is 0 Å². The average molecular weight is 111 g/mol. The third-order valence-electron chi connectivity index (χ3n) is 1.02. The standard InChI is InChI=1S/C5H9N3/c1-4-3-5(6)8(2)7-4/h3,7H,1,6H2,2H3. The van der Waals surface area contributed by atoms with Crippen LogP contribution in [0.5, 0.6) is 0 Å². The average Bonchev–Trinajstić information content (AvgIpc) is 1.85. The number of nitrogens with two attached hydrogens (primary N) is 1. The lowest BCUT2D eigenvalue weighted by atomic mass is 10.5. The van der Waals surface area contributed by atoms with Crippen LogP contribution in [0.4, 0.5) is 0 Å². The van der Waals surface area contributed by atoms with Gasteiger partial charge in [-0.1, -0.05) is 6.58 Å². The van der Waals surface area contributed by atoms with Gasteiger partial charge in [0.15, 0.2) is 0 Å². The molecular formula is C5H9N3. The summed E-state index contributed by atoms with van der Waals surface area (Å²) in [5, 5.41) is 1.71. The number of hydrogen-bond acceptors (Lipinski definition) is 3. The maximum Gasteiger partial charge on any atom is 0.119 e. The van der Waals surface area contributed by atoms with Crippen molar-refractivity contribution < 1.29 is 0 Å². The van der Waals surface area contributed by atoms with Crippen molar-refractivity contribution in [2.45, 2.75) is 0 Å². The molecule has 3 N–H and O–H groups in total. The highest BCUT2D eigenvalue weighted by Gasteiger charge is 2.06. The van der Waals surface area contributed by atoms with E-state index in [0.717, 1.165) is 5.70 Å². The summed E-state index contributed by atoms with van der Waals surface area (Å²) in [4.78, 5) is 0. The zero-order chi connectivity index (χ0) is 6.15. The predicted molar refractivity (Wildman–Crippen MR) is 32.3 cm³/mol. The highest BCUT2D eigenvalue weighted by molar-refractivity contribution is 5.21. The third-order valence-corrected chi connectivity index (χ3v) is 1.02. The second-order valence-corrected chi connectivity index (χ2v) is 1.77. The first-order valence-corrected chi connectivity index (χ1v) is 2.36. The van der Waals surface area contributed by atoms with Crippen LogP contribution in [0.1, 0.15) is 0 Å². The van der Waals surface area contributed by atoms with Gasteiger partial charge in [0.1, 0.15) is 5.82 Å². The number of allylic oxidation sites excluding steroid dienone is 1. The van der Waals surface area contributed by atoms with Crippen LogP contribution < -0.4 is 11.2 Å². The van der Waals surface area contributed by atoms with Gasteiger partial charge in [-0.25, -0.2) is 0 Å². The normalized spacial score (nSPS) is 18.4. The molecule has 0 saturated heterocycles. The lowest BCUT2D eigenvalue weighted by molar-refractivity contribution is 0.363. The Bertz CT molecular complexity index is 148. The van der Waals surface area contributed by atoms with E-state index in [2.05, 4.69) is 12.0 Å². The molecule has 0 saturated carbocycles. The molecule has 0 fully saturated rings. The number of hydrazine groups is 1. The van der Waals surface area contributed by atoms with Crippen molar-refractivity contribution in [3.8, 4) is 0 Å². The van der Waals surface area contributed by atoms with Gasteiger partial charge < -0.3 is 5.73 Å². The molecule has 1 rings (SSSR count). The van der Waals surface area contributed by atoms with Gasteiger partial charge in [0.25, 0.3) is 0 Å². The van der Waals surface area contributed by atoms with Crippen LogP contribution in [-0.2, 0) is 0 Å². The topological polar surface area (TPSA) is 41.3 Å². The minimum atomic E-state index is 0.704. The zero-order valence-corrected chi connectivity index (χ0v) is 4.81. The Morgan fingerprint density at radius 2 is 2.50 bits per heavy atom. The molecule has 0 amide bonds. The van der Waals surface area contributed by atoms with E-state index in [1.54, 1.807) is 11.1 Å². The Kier molecular flexibility index (Phi) is 0.901. The summed E-state index contributed by atoms with van der Waals surface area (Å²) >= 11 is 0. The van der Waals surface area contributed by atoms with Crippen LogP contribution in [0.3, 0.4) is 0 Å². The van der Waals surface area contributed by atoms with Crippen molar-refractivity contribution in [3.05, 3.63) is 24.2 Å². The molecule has 0 bridgehead atoms. The fourth-order valence-electron chi connectivity index (χ4n) is 0.588. The summed E-state index contributed by atoms with van der Waals surface area (Å²) in [7, 11) is 1.84. The van der Waals surface area contributed by atoms with Crippen LogP contribution in [0.15, 0.2) is 24.2 Å². The van der Waals surface area contributed by atoms with E-state index in [4.69, 9.17) is 5.73 Å². The van der Waals surface area contributed by atoms with Crippen molar-refractivity contribution in [1.82, 2.24) is 10.4 Å². The molecule has 3 heteroatoms. The first kappa shape index (κ1) is 5.03. The molecule has 1 heterocycles. The maximum atomic E-state index is 5.43. The number of nitrogens with zero attached hydrogens (tertiary/aromatic N) is 1. The van der Waals surface area contributed by atoms with E-state index >= 15 is 0 Å². The first-order chi connectivity index (χ1) is 3.70. The SMILES string of the molecule is C=C1C=C(N)N(C)N1. The van der Waals surface area contributed by atoms with Gasteiger partial charge in [0.2, 0.25) is 0 Å². The Morgan fingerprint density at radius 3 is 2.62 bits per heavy atom. The molecule has 0 radical (unpaired) electrons. The van der Waals surface area contributed by atoms with Gasteiger partial charge >= 0.3 is 0 Å². The fraction of sp³-hybridized carbons (Fsp3) is 0.200. The van der Waals surface area contributed by atoms with Gasteiger partial charge in [0.05, 0.1) is 5.70 Å². The monoisotopic (exact) mass is 111 g/mol. The first-order valence-electron chi connectivity index (χ1n) is 2.36. The minimum Gasteiger partial charge on any atom is -0.384 e.